The number of hydrogen-bond donors (Lipinski definition) is 2. The summed E-state index contributed by atoms with van der Waals surface area (Å²) in [5, 5.41) is 5.83. The lowest BCUT2D eigenvalue weighted by molar-refractivity contribution is -0.187. The van der Waals surface area contributed by atoms with E-state index in [1.165, 1.54) is 11.0 Å². The van der Waals surface area contributed by atoms with Crippen LogP contribution in [0.1, 0.15) is 12.7 Å². The zero-order valence-electron chi connectivity index (χ0n) is 9.25. The van der Waals surface area contributed by atoms with E-state index in [1.807, 2.05) is 5.32 Å². The summed E-state index contributed by atoms with van der Waals surface area (Å²) in [5.74, 6) is -1.11. The molecule has 0 aliphatic carbocycles. The molecule has 1 heterocycles. The SMILES string of the molecule is Cn1cnc(CNC(=O)C(C)(N)C(F)(F)F)n1. The van der Waals surface area contributed by atoms with Gasteiger partial charge in [-0.25, -0.2) is 4.98 Å². The normalized spacial score (nSPS) is 15.4. The number of hydrogen-bond acceptors (Lipinski definition) is 4. The summed E-state index contributed by atoms with van der Waals surface area (Å²) in [6, 6.07) is 0. The van der Waals surface area contributed by atoms with Crippen LogP contribution >= 0.6 is 0 Å². The lowest BCUT2D eigenvalue weighted by Gasteiger charge is -2.25. The fourth-order valence-electron chi connectivity index (χ4n) is 0.937. The van der Waals surface area contributed by atoms with E-state index in [4.69, 9.17) is 5.73 Å². The van der Waals surface area contributed by atoms with Crippen molar-refractivity contribution < 1.29 is 18.0 Å². The Hall–Kier alpha value is -1.64. The topological polar surface area (TPSA) is 85.8 Å². The monoisotopic (exact) mass is 251 g/mol. The second-order valence-corrected chi connectivity index (χ2v) is 3.72. The molecule has 0 fully saturated rings. The van der Waals surface area contributed by atoms with Gasteiger partial charge in [-0.1, -0.05) is 0 Å². The van der Waals surface area contributed by atoms with Crippen molar-refractivity contribution >= 4 is 5.91 Å². The van der Waals surface area contributed by atoms with Gasteiger partial charge in [0.15, 0.2) is 11.4 Å². The van der Waals surface area contributed by atoms with Crippen LogP contribution in [0, 0.1) is 0 Å². The van der Waals surface area contributed by atoms with E-state index in [9.17, 15) is 18.0 Å². The third-order valence-corrected chi connectivity index (χ3v) is 2.11. The first kappa shape index (κ1) is 13.4. The molecule has 1 aromatic heterocycles. The third-order valence-electron chi connectivity index (χ3n) is 2.11. The van der Waals surface area contributed by atoms with Crippen LogP contribution in [-0.4, -0.2) is 32.4 Å². The Bertz CT molecular complexity index is 412. The molecule has 0 spiro atoms. The van der Waals surface area contributed by atoms with Crippen molar-refractivity contribution in [3.8, 4) is 0 Å². The maximum Gasteiger partial charge on any atom is 0.415 e. The summed E-state index contributed by atoms with van der Waals surface area (Å²) >= 11 is 0. The fraction of sp³-hybridized carbons (Fsp3) is 0.625. The number of alkyl halides is 3. The minimum absolute atomic E-state index is 0.206. The molecule has 0 saturated heterocycles. The van der Waals surface area contributed by atoms with Gasteiger partial charge in [0, 0.05) is 7.05 Å². The van der Waals surface area contributed by atoms with E-state index < -0.39 is 17.6 Å². The number of carbonyl (C=O) groups is 1. The quantitative estimate of drug-likeness (QED) is 0.773. The van der Waals surface area contributed by atoms with E-state index in [0.717, 1.165) is 0 Å². The van der Waals surface area contributed by atoms with Crippen molar-refractivity contribution in [1.82, 2.24) is 20.1 Å². The van der Waals surface area contributed by atoms with E-state index >= 15 is 0 Å². The van der Waals surface area contributed by atoms with Crippen LogP contribution in [0.2, 0.25) is 0 Å². The van der Waals surface area contributed by atoms with Gasteiger partial charge in [-0.05, 0) is 6.92 Å². The van der Waals surface area contributed by atoms with Crippen LogP contribution in [-0.2, 0) is 18.4 Å². The molecule has 9 heteroatoms. The number of nitrogens with two attached hydrogens (primary N) is 1. The maximum atomic E-state index is 12.4. The average molecular weight is 251 g/mol. The fourth-order valence-corrected chi connectivity index (χ4v) is 0.937. The first-order valence-electron chi connectivity index (χ1n) is 4.63. The van der Waals surface area contributed by atoms with Gasteiger partial charge in [0.25, 0.3) is 0 Å². The molecule has 1 amide bonds. The molecule has 1 unspecified atom stereocenters. The molecule has 0 aromatic carbocycles. The molecule has 1 atom stereocenters. The highest BCUT2D eigenvalue weighted by Crippen LogP contribution is 2.27. The maximum absolute atomic E-state index is 12.4. The third kappa shape index (κ3) is 2.93. The Balaban J connectivity index is 2.61. The van der Waals surface area contributed by atoms with Crippen molar-refractivity contribution in [3.05, 3.63) is 12.2 Å². The molecule has 3 N–H and O–H groups in total. The van der Waals surface area contributed by atoms with Gasteiger partial charge >= 0.3 is 6.18 Å². The molecule has 6 nitrogen and oxygen atoms in total. The molecular formula is C8H12F3N5O. The molecule has 0 aliphatic rings. The lowest BCUT2D eigenvalue weighted by atomic mass is 10.0. The van der Waals surface area contributed by atoms with E-state index in [1.54, 1.807) is 7.05 Å². The molecule has 1 aromatic rings. The number of aromatic nitrogens is 3. The first-order valence-corrected chi connectivity index (χ1v) is 4.63. The Kier molecular flexibility index (Phi) is 3.41. The van der Waals surface area contributed by atoms with Crippen molar-refractivity contribution in [1.29, 1.82) is 0 Å². The number of nitrogens with one attached hydrogen (secondary N) is 1. The summed E-state index contributed by atoms with van der Waals surface area (Å²) in [7, 11) is 1.60. The minimum atomic E-state index is -4.81. The number of halogens is 3. The standard InChI is InChI=1S/C8H12F3N5O/c1-7(12,8(9,10)11)6(17)13-3-5-14-4-16(2)15-5/h4H,3,12H2,1-2H3,(H,13,17). The van der Waals surface area contributed by atoms with Crippen LogP contribution in [0.3, 0.4) is 0 Å². The molecule has 0 aliphatic heterocycles. The Morgan fingerprint density at radius 3 is 2.59 bits per heavy atom. The minimum Gasteiger partial charge on any atom is -0.347 e. The van der Waals surface area contributed by atoms with Crippen molar-refractivity contribution in [2.24, 2.45) is 12.8 Å². The Labute approximate surface area is 95.0 Å². The van der Waals surface area contributed by atoms with Gasteiger partial charge in [0.1, 0.15) is 6.33 Å². The zero-order valence-corrected chi connectivity index (χ0v) is 9.25. The second-order valence-electron chi connectivity index (χ2n) is 3.72. The summed E-state index contributed by atoms with van der Waals surface area (Å²) in [4.78, 5) is 15.0. The predicted octanol–water partition coefficient (Wildman–Crippen LogP) is -0.289. The smallest absolute Gasteiger partial charge is 0.347 e. The molecular weight excluding hydrogens is 239 g/mol. The molecule has 96 valence electrons. The highest BCUT2D eigenvalue weighted by atomic mass is 19.4. The molecule has 1 rings (SSSR count). The van der Waals surface area contributed by atoms with Gasteiger partial charge < -0.3 is 11.1 Å². The second kappa shape index (κ2) is 4.32. The van der Waals surface area contributed by atoms with Crippen molar-refractivity contribution in [3.63, 3.8) is 0 Å². The van der Waals surface area contributed by atoms with Gasteiger partial charge in [-0.3, -0.25) is 9.48 Å². The van der Waals surface area contributed by atoms with E-state index in [-0.39, 0.29) is 12.4 Å². The van der Waals surface area contributed by atoms with Crippen molar-refractivity contribution in [2.75, 3.05) is 0 Å². The first-order chi connectivity index (χ1) is 7.64. The number of rotatable bonds is 3. The van der Waals surface area contributed by atoms with E-state index in [0.29, 0.717) is 6.92 Å². The highest BCUT2D eigenvalue weighted by molar-refractivity contribution is 5.86. The molecule has 0 bridgehead atoms. The summed E-state index contributed by atoms with van der Waals surface area (Å²) < 4.78 is 38.5. The largest absolute Gasteiger partial charge is 0.415 e. The molecule has 0 radical (unpaired) electrons. The van der Waals surface area contributed by atoms with Gasteiger partial charge in [-0.2, -0.15) is 18.3 Å². The van der Waals surface area contributed by atoms with Gasteiger partial charge in [0.05, 0.1) is 6.54 Å². The van der Waals surface area contributed by atoms with Gasteiger partial charge in [-0.15, -0.1) is 0 Å². The summed E-state index contributed by atoms with van der Waals surface area (Å²) in [6.07, 6.45) is -3.44. The average Bonchev–Trinajstić information content (AvgIpc) is 2.58. The lowest BCUT2D eigenvalue weighted by Crippen LogP contribution is -2.61. The summed E-state index contributed by atoms with van der Waals surface area (Å²) in [6.45, 7) is 0.400. The Morgan fingerprint density at radius 1 is 1.59 bits per heavy atom. The summed E-state index contributed by atoms with van der Waals surface area (Å²) in [5.41, 5.74) is 1.99. The predicted molar refractivity (Wildman–Crippen MR) is 51.5 cm³/mol. The van der Waals surface area contributed by atoms with Crippen molar-refractivity contribution in [2.45, 2.75) is 25.2 Å². The van der Waals surface area contributed by atoms with E-state index in [2.05, 4.69) is 10.1 Å². The van der Waals surface area contributed by atoms with Crippen LogP contribution in [0.15, 0.2) is 6.33 Å². The van der Waals surface area contributed by atoms with Crippen LogP contribution < -0.4 is 11.1 Å². The van der Waals surface area contributed by atoms with Crippen LogP contribution in [0.4, 0.5) is 13.2 Å². The zero-order chi connectivity index (χ0) is 13.3. The number of aryl methyl sites for hydroxylation is 1. The van der Waals surface area contributed by atoms with Crippen LogP contribution in [0.5, 0.6) is 0 Å². The molecule has 17 heavy (non-hydrogen) atoms. The number of amides is 1. The molecule has 0 saturated carbocycles. The van der Waals surface area contributed by atoms with Crippen LogP contribution in [0.25, 0.3) is 0 Å². The highest BCUT2D eigenvalue weighted by Gasteiger charge is 2.53. The van der Waals surface area contributed by atoms with Gasteiger partial charge in [0.2, 0.25) is 5.91 Å². The number of nitrogens with zero attached hydrogens (tertiary/aromatic N) is 3. The Morgan fingerprint density at radius 2 is 2.18 bits per heavy atom. The number of carbonyl (C=O) groups excluding carboxylic acids is 1.